The van der Waals surface area contributed by atoms with Crippen LogP contribution in [-0.4, -0.2) is 71.1 Å². The van der Waals surface area contributed by atoms with Crippen LogP contribution in [0.2, 0.25) is 0 Å². The first kappa shape index (κ1) is 19.6. The van der Waals surface area contributed by atoms with Gasteiger partial charge in [-0.05, 0) is 25.1 Å². The Hall–Kier alpha value is -2.12. The molecule has 2 unspecified atom stereocenters. The number of rotatable bonds is 4. The second-order valence-electron chi connectivity index (χ2n) is 7.98. The number of carbonyl (C=O) groups excluding carboxylic acids is 2. The normalized spacial score (nSPS) is 27.2. The van der Waals surface area contributed by atoms with Gasteiger partial charge in [0.25, 0.3) is 5.91 Å². The number of hydrogen-bond donors (Lipinski definition) is 2. The van der Waals surface area contributed by atoms with Crippen molar-refractivity contribution in [1.29, 1.82) is 0 Å². The first-order valence-corrected chi connectivity index (χ1v) is 9.49. The molecule has 0 radical (unpaired) electrons. The summed E-state index contributed by atoms with van der Waals surface area (Å²) in [4.78, 5) is 29.1. The highest BCUT2D eigenvalue weighted by Gasteiger charge is 2.63. The van der Waals surface area contributed by atoms with Crippen LogP contribution >= 0.6 is 0 Å². The molecule has 2 amide bonds. The second-order valence-corrected chi connectivity index (χ2v) is 7.98. The lowest BCUT2D eigenvalue weighted by Crippen LogP contribution is -2.76. The zero-order valence-corrected chi connectivity index (χ0v) is 16.3. The predicted octanol–water partition coefficient (Wildman–Crippen LogP) is 1.21. The summed E-state index contributed by atoms with van der Waals surface area (Å²) in [5.74, 6) is -0.135. The minimum atomic E-state index is -0.926. The molecule has 7 heteroatoms. The number of phenolic OH excluding ortho intramolecular Hbond substituents is 1. The zero-order chi connectivity index (χ0) is 19.8. The highest BCUT2D eigenvalue weighted by molar-refractivity contribution is 5.95. The number of hydrogen-bond acceptors (Lipinski definition) is 5. The molecule has 0 aromatic heterocycles. The molecule has 2 aliphatic rings. The Labute approximate surface area is 160 Å². The second kappa shape index (κ2) is 7.13. The number of carbonyl (C=O) groups is 2. The summed E-state index contributed by atoms with van der Waals surface area (Å²) in [5, 5.41) is 9.56. The summed E-state index contributed by atoms with van der Waals surface area (Å²) in [6.45, 7) is 8.32. The van der Waals surface area contributed by atoms with Crippen LogP contribution in [0.15, 0.2) is 24.3 Å². The van der Waals surface area contributed by atoms with Crippen molar-refractivity contribution in [3.8, 4) is 5.75 Å². The van der Waals surface area contributed by atoms with E-state index in [0.29, 0.717) is 44.8 Å². The van der Waals surface area contributed by atoms with Crippen LogP contribution in [0, 0.1) is 5.41 Å². The van der Waals surface area contributed by atoms with Gasteiger partial charge in [0.05, 0.1) is 6.10 Å². The third kappa shape index (κ3) is 3.30. The van der Waals surface area contributed by atoms with Gasteiger partial charge in [-0.15, -0.1) is 0 Å². The number of benzene rings is 1. The number of nitrogens with zero attached hydrogens (tertiary/aromatic N) is 2. The molecule has 3 N–H and O–H groups in total. The number of piperazine rings is 1. The molecule has 1 saturated heterocycles. The average Bonchev–Trinajstić information content (AvgIpc) is 2.66. The van der Waals surface area contributed by atoms with E-state index in [4.69, 9.17) is 10.5 Å². The SMILES string of the molecule is CCOC1CC(N)(C(=O)N2CCN(C(=O)c3cccc(O)c3)CC2)C1(C)C. The van der Waals surface area contributed by atoms with Crippen LogP contribution in [-0.2, 0) is 9.53 Å². The maximum absolute atomic E-state index is 13.1. The first-order chi connectivity index (χ1) is 12.7. The molecule has 1 aromatic carbocycles. The fraction of sp³-hybridized carbons (Fsp3) is 0.600. The van der Waals surface area contributed by atoms with E-state index in [1.165, 1.54) is 12.1 Å². The molecule has 1 saturated carbocycles. The lowest BCUT2D eigenvalue weighted by atomic mass is 9.54. The van der Waals surface area contributed by atoms with Gasteiger partial charge in [0, 0.05) is 50.2 Å². The Morgan fingerprint density at radius 2 is 1.85 bits per heavy atom. The number of aromatic hydroxyl groups is 1. The monoisotopic (exact) mass is 375 g/mol. The highest BCUT2D eigenvalue weighted by atomic mass is 16.5. The number of amides is 2. The van der Waals surface area contributed by atoms with E-state index in [0.717, 1.165) is 0 Å². The van der Waals surface area contributed by atoms with Gasteiger partial charge < -0.3 is 25.4 Å². The van der Waals surface area contributed by atoms with Crippen molar-refractivity contribution < 1.29 is 19.4 Å². The van der Waals surface area contributed by atoms with Gasteiger partial charge in [-0.25, -0.2) is 0 Å². The first-order valence-electron chi connectivity index (χ1n) is 9.49. The fourth-order valence-corrected chi connectivity index (χ4v) is 4.01. The van der Waals surface area contributed by atoms with Crippen molar-refractivity contribution in [2.24, 2.45) is 11.1 Å². The van der Waals surface area contributed by atoms with Gasteiger partial charge in [0.15, 0.2) is 0 Å². The van der Waals surface area contributed by atoms with Gasteiger partial charge in [0.1, 0.15) is 11.3 Å². The van der Waals surface area contributed by atoms with E-state index in [1.54, 1.807) is 21.9 Å². The summed E-state index contributed by atoms with van der Waals surface area (Å²) in [6.07, 6.45) is 0.514. The molecular formula is C20H29N3O4. The summed E-state index contributed by atoms with van der Waals surface area (Å²) < 4.78 is 5.71. The summed E-state index contributed by atoms with van der Waals surface area (Å²) in [5.41, 5.74) is 5.60. The van der Waals surface area contributed by atoms with Gasteiger partial charge >= 0.3 is 0 Å². The largest absolute Gasteiger partial charge is 0.508 e. The molecule has 1 aliphatic carbocycles. The molecule has 148 valence electrons. The molecule has 0 bridgehead atoms. The van der Waals surface area contributed by atoms with Crippen LogP contribution in [0.25, 0.3) is 0 Å². The molecule has 1 aliphatic heterocycles. The minimum absolute atomic E-state index is 0.00919. The Bertz CT molecular complexity index is 728. The fourth-order valence-electron chi connectivity index (χ4n) is 4.01. The van der Waals surface area contributed by atoms with E-state index >= 15 is 0 Å². The van der Waals surface area contributed by atoms with E-state index < -0.39 is 11.0 Å². The molecule has 3 rings (SSSR count). The van der Waals surface area contributed by atoms with Crippen LogP contribution < -0.4 is 5.73 Å². The van der Waals surface area contributed by atoms with E-state index in [9.17, 15) is 14.7 Å². The van der Waals surface area contributed by atoms with Crippen LogP contribution in [0.5, 0.6) is 5.75 Å². The summed E-state index contributed by atoms with van der Waals surface area (Å²) >= 11 is 0. The molecule has 7 nitrogen and oxygen atoms in total. The summed E-state index contributed by atoms with van der Waals surface area (Å²) in [7, 11) is 0. The van der Waals surface area contributed by atoms with E-state index in [1.807, 2.05) is 20.8 Å². The zero-order valence-electron chi connectivity index (χ0n) is 16.3. The van der Waals surface area contributed by atoms with Gasteiger partial charge in [-0.3, -0.25) is 9.59 Å². The molecule has 27 heavy (non-hydrogen) atoms. The highest BCUT2D eigenvalue weighted by Crippen LogP contribution is 2.50. The Balaban J connectivity index is 1.61. The van der Waals surface area contributed by atoms with E-state index in [-0.39, 0.29) is 23.7 Å². The Morgan fingerprint density at radius 1 is 1.22 bits per heavy atom. The standard InChI is InChI=1S/C20H29N3O4/c1-4-27-16-13-20(21,19(16,2)3)18(26)23-10-8-22(9-11-23)17(25)14-6-5-7-15(24)12-14/h5-7,12,16,24H,4,8-11,13,21H2,1-3H3. The predicted molar refractivity (Wildman–Crippen MR) is 101 cm³/mol. The van der Waals surface area contributed by atoms with Gasteiger partial charge in [-0.1, -0.05) is 19.9 Å². The van der Waals surface area contributed by atoms with Crippen molar-refractivity contribution >= 4 is 11.8 Å². The van der Waals surface area contributed by atoms with Crippen LogP contribution in [0.4, 0.5) is 0 Å². The van der Waals surface area contributed by atoms with Gasteiger partial charge in [0.2, 0.25) is 5.91 Å². The van der Waals surface area contributed by atoms with Crippen molar-refractivity contribution in [2.45, 2.75) is 38.8 Å². The third-order valence-corrected chi connectivity index (χ3v) is 6.16. The lowest BCUT2D eigenvalue weighted by Gasteiger charge is -2.59. The van der Waals surface area contributed by atoms with Gasteiger partial charge in [-0.2, -0.15) is 0 Å². The van der Waals surface area contributed by atoms with Crippen LogP contribution in [0.3, 0.4) is 0 Å². The number of phenols is 1. The number of nitrogens with two attached hydrogens (primary N) is 1. The maximum Gasteiger partial charge on any atom is 0.254 e. The quantitative estimate of drug-likeness (QED) is 0.825. The Kier molecular flexibility index (Phi) is 5.18. The molecular weight excluding hydrogens is 346 g/mol. The van der Waals surface area contributed by atoms with Crippen LogP contribution in [0.1, 0.15) is 37.6 Å². The number of ether oxygens (including phenoxy) is 1. The lowest BCUT2D eigenvalue weighted by molar-refractivity contribution is -0.180. The third-order valence-electron chi connectivity index (χ3n) is 6.16. The molecule has 1 aromatic rings. The molecule has 2 fully saturated rings. The molecule has 0 spiro atoms. The minimum Gasteiger partial charge on any atom is -0.508 e. The van der Waals surface area contributed by atoms with E-state index in [2.05, 4.69) is 0 Å². The van der Waals surface area contributed by atoms with Crippen molar-refractivity contribution in [3.63, 3.8) is 0 Å². The van der Waals surface area contributed by atoms with Crippen molar-refractivity contribution in [1.82, 2.24) is 9.80 Å². The van der Waals surface area contributed by atoms with Crippen molar-refractivity contribution in [2.75, 3.05) is 32.8 Å². The maximum atomic E-state index is 13.1. The average molecular weight is 375 g/mol. The molecule has 2 atom stereocenters. The van der Waals surface area contributed by atoms with Crippen molar-refractivity contribution in [3.05, 3.63) is 29.8 Å². The Morgan fingerprint density at radius 3 is 2.41 bits per heavy atom. The summed E-state index contributed by atoms with van der Waals surface area (Å²) in [6, 6.07) is 6.32. The smallest absolute Gasteiger partial charge is 0.254 e. The molecule has 1 heterocycles. The topological polar surface area (TPSA) is 96.1 Å².